The lowest BCUT2D eigenvalue weighted by Gasteiger charge is -2.49. The Balaban J connectivity index is 1.53. The Morgan fingerprint density at radius 2 is 1.65 bits per heavy atom. The molecule has 0 bridgehead atoms. The van der Waals surface area contributed by atoms with E-state index in [4.69, 9.17) is 11.6 Å². The van der Waals surface area contributed by atoms with Crippen LogP contribution in [0.3, 0.4) is 0 Å². The van der Waals surface area contributed by atoms with E-state index in [1.807, 2.05) is 36.4 Å². The van der Waals surface area contributed by atoms with E-state index in [1.54, 1.807) is 12.4 Å². The van der Waals surface area contributed by atoms with Crippen LogP contribution in [0, 0.1) is 11.6 Å². The average molecular weight is 463 g/mol. The standard InChI is InChI=1S/C22H20ClF2N3O2S/c23-18-3-1-16(2-4-18)22(17-5-7-26-8-6-17)27-13-21(14-27)28(31(29)30)12-15-9-19(24)11-20(25)10-15/h1-11,21-22H,12-14H2,(H,29,30)/p-1/t22-/m1/s1. The summed E-state index contributed by atoms with van der Waals surface area (Å²) in [6.45, 7) is 0.854. The van der Waals surface area contributed by atoms with Crippen LogP contribution in [0.25, 0.3) is 0 Å². The normalized spacial score (nSPS) is 16.8. The van der Waals surface area contributed by atoms with Crippen molar-refractivity contribution in [2.24, 2.45) is 0 Å². The molecule has 3 aromatic rings. The van der Waals surface area contributed by atoms with Crippen molar-refractivity contribution in [3.05, 3.63) is 100 Å². The summed E-state index contributed by atoms with van der Waals surface area (Å²) in [5.74, 6) is -1.47. The Kier molecular flexibility index (Phi) is 6.74. The van der Waals surface area contributed by atoms with Gasteiger partial charge in [-0.1, -0.05) is 23.7 Å². The summed E-state index contributed by atoms with van der Waals surface area (Å²) < 4.78 is 52.0. The van der Waals surface area contributed by atoms with E-state index in [0.717, 1.165) is 29.3 Å². The summed E-state index contributed by atoms with van der Waals surface area (Å²) in [7, 11) is 0. The van der Waals surface area contributed by atoms with Crippen LogP contribution >= 0.6 is 11.6 Å². The molecule has 0 radical (unpaired) electrons. The molecule has 1 aromatic heterocycles. The molecule has 0 aliphatic carbocycles. The third-order valence-corrected chi connectivity index (χ3v) is 6.38. The molecule has 0 saturated carbocycles. The highest BCUT2D eigenvalue weighted by Gasteiger charge is 2.38. The van der Waals surface area contributed by atoms with Gasteiger partial charge in [0.1, 0.15) is 11.6 Å². The van der Waals surface area contributed by atoms with Crippen LogP contribution in [0.5, 0.6) is 0 Å². The lowest BCUT2D eigenvalue weighted by Crippen LogP contribution is -2.60. The molecular formula is C22H19ClF2N3O2S-. The van der Waals surface area contributed by atoms with Gasteiger partial charge in [0.15, 0.2) is 0 Å². The van der Waals surface area contributed by atoms with Gasteiger partial charge in [-0.05, 0) is 53.1 Å². The second kappa shape index (κ2) is 9.50. The predicted octanol–water partition coefficient (Wildman–Crippen LogP) is 4.08. The van der Waals surface area contributed by atoms with Crippen molar-refractivity contribution in [3.8, 4) is 0 Å². The quantitative estimate of drug-likeness (QED) is 0.496. The highest BCUT2D eigenvalue weighted by Crippen LogP contribution is 2.34. The molecule has 31 heavy (non-hydrogen) atoms. The molecule has 1 unspecified atom stereocenters. The zero-order chi connectivity index (χ0) is 22.0. The molecule has 2 aromatic carbocycles. The molecular weight excluding hydrogens is 444 g/mol. The molecule has 0 spiro atoms. The average Bonchev–Trinajstić information content (AvgIpc) is 2.70. The number of hydrogen-bond acceptors (Lipinski definition) is 4. The van der Waals surface area contributed by atoms with E-state index in [1.165, 1.54) is 4.31 Å². The number of halogens is 3. The number of nitrogens with zero attached hydrogens (tertiary/aromatic N) is 3. The summed E-state index contributed by atoms with van der Waals surface area (Å²) in [6.07, 6.45) is 3.43. The van der Waals surface area contributed by atoms with Crippen molar-refractivity contribution in [3.63, 3.8) is 0 Å². The minimum atomic E-state index is -2.53. The van der Waals surface area contributed by atoms with E-state index in [9.17, 15) is 17.5 Å². The number of aromatic nitrogens is 1. The smallest absolute Gasteiger partial charge is 0.126 e. The van der Waals surface area contributed by atoms with Crippen molar-refractivity contribution >= 4 is 22.9 Å². The maximum Gasteiger partial charge on any atom is 0.126 e. The Bertz CT molecular complexity index is 1050. The molecule has 2 heterocycles. The number of likely N-dealkylation sites (tertiary alicyclic amines) is 1. The molecule has 2 atom stereocenters. The number of hydrogen-bond donors (Lipinski definition) is 0. The Morgan fingerprint density at radius 3 is 2.23 bits per heavy atom. The van der Waals surface area contributed by atoms with Crippen molar-refractivity contribution in [2.45, 2.75) is 18.6 Å². The largest absolute Gasteiger partial charge is 0.760 e. The van der Waals surface area contributed by atoms with Gasteiger partial charge in [0, 0.05) is 60.4 Å². The zero-order valence-electron chi connectivity index (χ0n) is 16.3. The highest BCUT2D eigenvalue weighted by atomic mass is 35.5. The van der Waals surface area contributed by atoms with Crippen molar-refractivity contribution in [1.82, 2.24) is 14.2 Å². The molecule has 162 valence electrons. The Hall–Kier alpha value is -2.23. The molecule has 9 heteroatoms. The van der Waals surface area contributed by atoms with E-state index in [-0.39, 0.29) is 24.2 Å². The molecule has 1 aliphatic heterocycles. The zero-order valence-corrected chi connectivity index (χ0v) is 17.9. The third-order valence-electron chi connectivity index (χ3n) is 5.32. The summed E-state index contributed by atoms with van der Waals surface area (Å²) >= 11 is 3.50. The van der Waals surface area contributed by atoms with Gasteiger partial charge >= 0.3 is 0 Å². The van der Waals surface area contributed by atoms with Crippen LogP contribution in [0.1, 0.15) is 22.7 Å². The van der Waals surface area contributed by atoms with E-state index < -0.39 is 22.9 Å². The van der Waals surface area contributed by atoms with Gasteiger partial charge in [-0.2, -0.15) is 0 Å². The monoisotopic (exact) mass is 462 g/mol. The number of benzene rings is 2. The van der Waals surface area contributed by atoms with Crippen LogP contribution in [-0.4, -0.2) is 42.1 Å². The van der Waals surface area contributed by atoms with Crippen molar-refractivity contribution in [2.75, 3.05) is 13.1 Å². The van der Waals surface area contributed by atoms with Gasteiger partial charge in [-0.3, -0.25) is 14.1 Å². The second-order valence-corrected chi connectivity index (χ2v) is 8.75. The van der Waals surface area contributed by atoms with Crippen molar-refractivity contribution in [1.29, 1.82) is 0 Å². The fourth-order valence-electron chi connectivity index (χ4n) is 3.87. The Morgan fingerprint density at radius 1 is 1.06 bits per heavy atom. The first-order chi connectivity index (χ1) is 14.9. The summed E-state index contributed by atoms with van der Waals surface area (Å²) in [4.78, 5) is 6.22. The lowest BCUT2D eigenvalue weighted by molar-refractivity contribution is 0.0493. The van der Waals surface area contributed by atoms with Gasteiger partial charge in [-0.15, -0.1) is 0 Å². The molecule has 1 saturated heterocycles. The highest BCUT2D eigenvalue weighted by molar-refractivity contribution is 7.76. The van der Waals surface area contributed by atoms with Gasteiger partial charge in [0.2, 0.25) is 0 Å². The first-order valence-electron chi connectivity index (χ1n) is 9.61. The second-order valence-electron chi connectivity index (χ2n) is 7.41. The Labute approximate surface area is 186 Å². The molecule has 1 aliphatic rings. The molecule has 5 nitrogen and oxygen atoms in total. The topological polar surface area (TPSA) is 59.5 Å². The van der Waals surface area contributed by atoms with Gasteiger partial charge in [0.25, 0.3) is 0 Å². The molecule has 1 fully saturated rings. The third kappa shape index (κ3) is 5.16. The van der Waals surface area contributed by atoms with Crippen LogP contribution in [-0.2, 0) is 17.8 Å². The number of pyridine rings is 1. The molecule has 0 N–H and O–H groups in total. The van der Waals surface area contributed by atoms with E-state index >= 15 is 0 Å². The van der Waals surface area contributed by atoms with E-state index in [0.29, 0.717) is 18.1 Å². The summed E-state index contributed by atoms with van der Waals surface area (Å²) in [5, 5.41) is 0.633. The van der Waals surface area contributed by atoms with Crippen LogP contribution in [0.15, 0.2) is 67.0 Å². The van der Waals surface area contributed by atoms with Gasteiger partial charge in [0.05, 0.1) is 6.04 Å². The van der Waals surface area contributed by atoms with Gasteiger partial charge in [-0.25, -0.2) is 13.1 Å². The van der Waals surface area contributed by atoms with Crippen LogP contribution in [0.4, 0.5) is 8.78 Å². The fraction of sp³-hybridized carbons (Fsp3) is 0.227. The first kappa shape index (κ1) is 22.0. The number of rotatable bonds is 7. The minimum absolute atomic E-state index is 0.0925. The van der Waals surface area contributed by atoms with Crippen LogP contribution in [0.2, 0.25) is 5.02 Å². The molecule has 0 amide bonds. The summed E-state index contributed by atoms with van der Waals surface area (Å²) in [5.41, 5.74) is 2.32. The minimum Gasteiger partial charge on any atom is -0.760 e. The maximum absolute atomic E-state index is 13.5. The summed E-state index contributed by atoms with van der Waals surface area (Å²) in [6, 6.07) is 14.0. The lowest BCUT2D eigenvalue weighted by atomic mass is 9.93. The van der Waals surface area contributed by atoms with Crippen LogP contribution < -0.4 is 0 Å². The van der Waals surface area contributed by atoms with E-state index in [2.05, 4.69) is 9.88 Å². The predicted molar refractivity (Wildman–Crippen MR) is 114 cm³/mol. The molecule has 4 rings (SSSR count). The maximum atomic E-state index is 13.5. The van der Waals surface area contributed by atoms with Gasteiger partial charge < -0.3 is 4.55 Å². The fourth-order valence-corrected chi connectivity index (χ4v) is 4.63. The van der Waals surface area contributed by atoms with Crippen molar-refractivity contribution < 1.29 is 17.5 Å². The first-order valence-corrected chi connectivity index (χ1v) is 11.0. The SMILES string of the molecule is O=S([O-])N(Cc1cc(F)cc(F)c1)C1CN([C@@H](c2ccncc2)c2ccc(Cl)cc2)C1.